The maximum atomic E-state index is 14.0. The summed E-state index contributed by atoms with van der Waals surface area (Å²) in [4.78, 5) is 18.2. The zero-order valence-electron chi connectivity index (χ0n) is 13.2. The highest BCUT2D eigenvalue weighted by atomic mass is 32.2. The lowest BCUT2D eigenvalue weighted by Gasteiger charge is -2.23. The molecule has 0 aliphatic heterocycles. The van der Waals surface area contributed by atoms with E-state index in [4.69, 9.17) is 4.52 Å². The Kier molecular flexibility index (Phi) is 6.12. The van der Waals surface area contributed by atoms with E-state index in [2.05, 4.69) is 15.5 Å². The van der Waals surface area contributed by atoms with Gasteiger partial charge in [-0.15, -0.1) is 0 Å². The molecule has 0 radical (unpaired) electrons. The SMILES string of the molecule is CSCc1noc(CNC(=O)[C@@H](c2ccccc2F)N(C)C)n1. The number of likely N-dealkylation sites (N-methyl/N-ethyl adjacent to an activating group) is 1. The number of carbonyl (C=O) groups is 1. The van der Waals surface area contributed by atoms with Gasteiger partial charge in [0, 0.05) is 5.56 Å². The van der Waals surface area contributed by atoms with E-state index >= 15 is 0 Å². The molecule has 0 fully saturated rings. The number of nitrogens with one attached hydrogen (secondary N) is 1. The van der Waals surface area contributed by atoms with Crippen molar-refractivity contribution in [2.45, 2.75) is 18.3 Å². The van der Waals surface area contributed by atoms with Crippen molar-refractivity contribution in [1.29, 1.82) is 0 Å². The summed E-state index contributed by atoms with van der Waals surface area (Å²) in [5.41, 5.74) is 0.323. The van der Waals surface area contributed by atoms with Crippen molar-refractivity contribution < 1.29 is 13.7 Å². The second-order valence-electron chi connectivity index (χ2n) is 5.14. The Morgan fingerprint density at radius 2 is 2.17 bits per heavy atom. The summed E-state index contributed by atoms with van der Waals surface area (Å²) in [5, 5.41) is 6.52. The highest BCUT2D eigenvalue weighted by molar-refractivity contribution is 7.97. The Morgan fingerprint density at radius 1 is 1.43 bits per heavy atom. The van der Waals surface area contributed by atoms with E-state index in [0.29, 0.717) is 23.0 Å². The number of hydrogen-bond donors (Lipinski definition) is 1. The molecule has 1 aromatic carbocycles. The van der Waals surface area contributed by atoms with Gasteiger partial charge in [0.15, 0.2) is 5.82 Å². The molecule has 124 valence electrons. The summed E-state index contributed by atoms with van der Waals surface area (Å²) in [6, 6.07) is 5.50. The molecule has 2 rings (SSSR count). The zero-order chi connectivity index (χ0) is 16.8. The first kappa shape index (κ1) is 17.4. The minimum Gasteiger partial charge on any atom is -0.345 e. The summed E-state index contributed by atoms with van der Waals surface area (Å²) in [5.74, 6) is 0.812. The number of rotatable bonds is 7. The molecule has 0 unspecified atom stereocenters. The highest BCUT2D eigenvalue weighted by Gasteiger charge is 2.25. The molecule has 0 saturated carbocycles. The fourth-order valence-electron chi connectivity index (χ4n) is 2.16. The number of nitrogens with zero attached hydrogens (tertiary/aromatic N) is 3. The molecule has 0 saturated heterocycles. The van der Waals surface area contributed by atoms with E-state index in [0.717, 1.165) is 0 Å². The van der Waals surface area contributed by atoms with Crippen molar-refractivity contribution in [3.8, 4) is 0 Å². The topological polar surface area (TPSA) is 71.3 Å². The molecular weight excluding hydrogens is 319 g/mol. The van der Waals surface area contributed by atoms with E-state index in [9.17, 15) is 9.18 Å². The summed E-state index contributed by atoms with van der Waals surface area (Å²) in [6.45, 7) is 0.110. The number of aromatic nitrogens is 2. The Hall–Kier alpha value is -1.93. The van der Waals surface area contributed by atoms with Crippen LogP contribution in [0.5, 0.6) is 0 Å². The standard InChI is InChI=1S/C15H19FN4O2S/c1-20(2)14(10-6-4-5-7-11(10)16)15(21)17-8-13-18-12(9-23-3)19-22-13/h4-7,14H,8-9H2,1-3H3,(H,17,21)/t14-/m1/s1. The Morgan fingerprint density at radius 3 is 2.83 bits per heavy atom. The first-order valence-electron chi connectivity index (χ1n) is 7.02. The molecule has 1 heterocycles. The molecule has 2 aromatic rings. The summed E-state index contributed by atoms with van der Waals surface area (Å²) in [6.07, 6.45) is 1.94. The summed E-state index contributed by atoms with van der Waals surface area (Å²) < 4.78 is 19.0. The van der Waals surface area contributed by atoms with Gasteiger partial charge >= 0.3 is 0 Å². The Bertz CT molecular complexity index is 662. The van der Waals surface area contributed by atoms with Gasteiger partial charge in [0.05, 0.1) is 12.3 Å². The van der Waals surface area contributed by atoms with E-state index in [1.165, 1.54) is 6.07 Å². The van der Waals surface area contributed by atoms with Crippen molar-refractivity contribution in [2.24, 2.45) is 0 Å². The number of thioether (sulfide) groups is 1. The molecule has 1 amide bonds. The molecule has 1 N–H and O–H groups in total. The first-order chi connectivity index (χ1) is 11.0. The molecule has 6 nitrogen and oxygen atoms in total. The van der Waals surface area contributed by atoms with Gasteiger partial charge in [-0.3, -0.25) is 9.69 Å². The summed E-state index contributed by atoms with van der Waals surface area (Å²) in [7, 11) is 3.44. The van der Waals surface area contributed by atoms with Crippen LogP contribution >= 0.6 is 11.8 Å². The second kappa shape index (κ2) is 8.07. The molecule has 0 aliphatic carbocycles. The van der Waals surface area contributed by atoms with Crippen LogP contribution in [0.2, 0.25) is 0 Å². The van der Waals surface area contributed by atoms with Crippen molar-refractivity contribution in [1.82, 2.24) is 20.4 Å². The van der Waals surface area contributed by atoms with Crippen LogP contribution in [0.25, 0.3) is 0 Å². The van der Waals surface area contributed by atoms with Gasteiger partial charge in [-0.1, -0.05) is 23.4 Å². The number of halogens is 1. The van der Waals surface area contributed by atoms with Gasteiger partial charge in [-0.25, -0.2) is 4.39 Å². The number of benzene rings is 1. The van der Waals surface area contributed by atoms with Gasteiger partial charge in [-0.05, 0) is 26.4 Å². The van der Waals surface area contributed by atoms with Crippen molar-refractivity contribution in [2.75, 3.05) is 20.4 Å². The van der Waals surface area contributed by atoms with E-state index in [1.807, 2.05) is 6.26 Å². The van der Waals surface area contributed by atoms with Gasteiger partial charge in [0.25, 0.3) is 0 Å². The monoisotopic (exact) mass is 338 g/mol. The largest absolute Gasteiger partial charge is 0.345 e. The predicted molar refractivity (Wildman–Crippen MR) is 86.2 cm³/mol. The smallest absolute Gasteiger partial charge is 0.246 e. The normalized spacial score (nSPS) is 12.4. The van der Waals surface area contributed by atoms with E-state index in [1.54, 1.807) is 49.0 Å². The molecule has 0 spiro atoms. The van der Waals surface area contributed by atoms with Crippen LogP contribution in [-0.2, 0) is 17.1 Å². The van der Waals surface area contributed by atoms with E-state index in [-0.39, 0.29) is 12.5 Å². The quantitative estimate of drug-likeness (QED) is 0.832. The number of hydrogen-bond acceptors (Lipinski definition) is 6. The third-order valence-electron chi connectivity index (χ3n) is 3.16. The molecule has 8 heteroatoms. The Labute approximate surface area is 138 Å². The zero-order valence-corrected chi connectivity index (χ0v) is 14.1. The highest BCUT2D eigenvalue weighted by Crippen LogP contribution is 2.21. The minimum absolute atomic E-state index is 0.110. The van der Waals surface area contributed by atoms with E-state index < -0.39 is 11.9 Å². The van der Waals surface area contributed by atoms with Crippen LogP contribution in [-0.4, -0.2) is 41.3 Å². The first-order valence-corrected chi connectivity index (χ1v) is 8.41. The average Bonchev–Trinajstić information content (AvgIpc) is 2.95. The molecule has 23 heavy (non-hydrogen) atoms. The second-order valence-corrected chi connectivity index (χ2v) is 6.01. The van der Waals surface area contributed by atoms with Gasteiger partial charge in [0.1, 0.15) is 11.9 Å². The van der Waals surface area contributed by atoms with Crippen molar-refractivity contribution in [3.63, 3.8) is 0 Å². The fraction of sp³-hybridized carbons (Fsp3) is 0.400. The maximum absolute atomic E-state index is 14.0. The van der Waals surface area contributed by atoms with Gasteiger partial charge in [0.2, 0.25) is 11.8 Å². The van der Waals surface area contributed by atoms with Crippen LogP contribution < -0.4 is 5.32 Å². The molecular formula is C15H19FN4O2S. The molecule has 1 aromatic heterocycles. The molecule has 0 bridgehead atoms. The van der Waals surface area contributed by atoms with Crippen LogP contribution in [0.15, 0.2) is 28.8 Å². The van der Waals surface area contributed by atoms with Gasteiger partial charge in [-0.2, -0.15) is 16.7 Å². The lowest BCUT2D eigenvalue weighted by molar-refractivity contribution is -0.126. The lowest BCUT2D eigenvalue weighted by Crippen LogP contribution is -2.37. The minimum atomic E-state index is -0.732. The number of carbonyl (C=O) groups excluding carboxylic acids is 1. The summed E-state index contributed by atoms with van der Waals surface area (Å²) >= 11 is 1.58. The van der Waals surface area contributed by atoms with Crippen LogP contribution in [0.3, 0.4) is 0 Å². The average molecular weight is 338 g/mol. The number of amides is 1. The third-order valence-corrected chi connectivity index (χ3v) is 3.71. The molecule has 0 aliphatic rings. The maximum Gasteiger partial charge on any atom is 0.246 e. The third kappa shape index (κ3) is 4.52. The van der Waals surface area contributed by atoms with Crippen molar-refractivity contribution in [3.05, 3.63) is 47.4 Å². The van der Waals surface area contributed by atoms with Gasteiger partial charge < -0.3 is 9.84 Å². The van der Waals surface area contributed by atoms with Crippen LogP contribution in [0, 0.1) is 5.82 Å². The predicted octanol–water partition coefficient (Wildman–Crippen LogP) is 1.99. The van der Waals surface area contributed by atoms with Crippen LogP contribution in [0.4, 0.5) is 4.39 Å². The van der Waals surface area contributed by atoms with Crippen LogP contribution in [0.1, 0.15) is 23.3 Å². The van der Waals surface area contributed by atoms with Crippen molar-refractivity contribution >= 4 is 17.7 Å². The Balaban J connectivity index is 2.05. The lowest BCUT2D eigenvalue weighted by atomic mass is 10.0. The molecule has 1 atom stereocenters. The fourth-order valence-corrected chi connectivity index (χ4v) is 2.54.